The summed E-state index contributed by atoms with van der Waals surface area (Å²) in [5, 5.41) is 0. The highest BCUT2D eigenvalue weighted by Crippen LogP contribution is 2.21. The predicted molar refractivity (Wildman–Crippen MR) is 107 cm³/mol. The lowest BCUT2D eigenvalue weighted by molar-refractivity contribution is -0.143. The Morgan fingerprint density at radius 3 is 2.32 bits per heavy atom. The molecular weight excluding hydrogens is 356 g/mol. The molecule has 0 aromatic heterocycles. The lowest BCUT2D eigenvalue weighted by Crippen LogP contribution is -2.47. The molecule has 0 bridgehead atoms. The van der Waals surface area contributed by atoms with Gasteiger partial charge in [0.2, 0.25) is 11.8 Å². The van der Waals surface area contributed by atoms with Crippen LogP contribution in [0, 0.1) is 5.92 Å². The van der Waals surface area contributed by atoms with Crippen molar-refractivity contribution < 1.29 is 19.1 Å². The molecule has 154 valence electrons. The zero-order valence-corrected chi connectivity index (χ0v) is 16.9. The van der Waals surface area contributed by atoms with Gasteiger partial charge in [-0.2, -0.15) is 0 Å². The first kappa shape index (κ1) is 20.6. The van der Waals surface area contributed by atoms with Crippen molar-refractivity contribution in [3.8, 4) is 5.75 Å². The standard InChI is InChI=1S/C22H32N2O4/c1-27-20-8-6-18(7-9-20)4-2-3-5-21(25)23-12-10-19(11-13-23)22(26)24-14-16-28-17-15-24/h6-9,19H,2-5,10-17H2,1H3. The van der Waals surface area contributed by atoms with Crippen molar-refractivity contribution in [2.24, 2.45) is 5.92 Å². The maximum atomic E-state index is 12.6. The molecule has 2 fully saturated rings. The zero-order valence-electron chi connectivity index (χ0n) is 16.9. The molecule has 0 saturated carbocycles. The van der Waals surface area contributed by atoms with Gasteiger partial charge in [0.15, 0.2) is 0 Å². The van der Waals surface area contributed by atoms with Crippen molar-refractivity contribution in [1.29, 1.82) is 0 Å². The number of carbonyl (C=O) groups excluding carboxylic acids is 2. The van der Waals surface area contributed by atoms with Gasteiger partial charge >= 0.3 is 0 Å². The molecule has 3 rings (SSSR count). The number of piperidine rings is 1. The van der Waals surface area contributed by atoms with E-state index in [1.165, 1.54) is 5.56 Å². The van der Waals surface area contributed by atoms with Crippen LogP contribution >= 0.6 is 0 Å². The van der Waals surface area contributed by atoms with Crippen LogP contribution in [0.1, 0.15) is 37.7 Å². The molecule has 6 nitrogen and oxygen atoms in total. The second-order valence-corrected chi connectivity index (χ2v) is 7.65. The SMILES string of the molecule is COc1ccc(CCCCC(=O)N2CCC(C(=O)N3CCOCC3)CC2)cc1. The largest absolute Gasteiger partial charge is 0.497 e. The number of hydrogen-bond donors (Lipinski definition) is 0. The first-order valence-electron chi connectivity index (χ1n) is 10.4. The predicted octanol–water partition coefficient (Wildman–Crippen LogP) is 2.51. The summed E-state index contributed by atoms with van der Waals surface area (Å²) in [5.74, 6) is 1.41. The van der Waals surface area contributed by atoms with Crippen LogP contribution in [0.15, 0.2) is 24.3 Å². The molecule has 2 amide bonds. The summed E-state index contributed by atoms with van der Waals surface area (Å²) in [6.07, 6.45) is 5.05. The third kappa shape index (κ3) is 5.71. The Bertz CT molecular complexity index is 632. The smallest absolute Gasteiger partial charge is 0.225 e. The molecule has 2 saturated heterocycles. The number of rotatable bonds is 7. The lowest BCUT2D eigenvalue weighted by atomic mass is 9.94. The van der Waals surface area contributed by atoms with Crippen LogP contribution < -0.4 is 4.74 Å². The number of amides is 2. The van der Waals surface area contributed by atoms with Crippen molar-refractivity contribution in [1.82, 2.24) is 9.80 Å². The van der Waals surface area contributed by atoms with Crippen LogP contribution in [0.3, 0.4) is 0 Å². The number of likely N-dealkylation sites (tertiary alicyclic amines) is 1. The Hall–Kier alpha value is -2.08. The number of aryl methyl sites for hydroxylation is 1. The fourth-order valence-corrected chi connectivity index (χ4v) is 3.97. The van der Waals surface area contributed by atoms with Gasteiger partial charge in [0.1, 0.15) is 5.75 Å². The summed E-state index contributed by atoms with van der Waals surface area (Å²) in [7, 11) is 1.67. The maximum absolute atomic E-state index is 12.6. The molecule has 2 heterocycles. The van der Waals surface area contributed by atoms with Gasteiger partial charge in [-0.3, -0.25) is 9.59 Å². The molecule has 0 spiro atoms. The Morgan fingerprint density at radius 1 is 1.00 bits per heavy atom. The van der Waals surface area contributed by atoms with E-state index in [1.807, 2.05) is 21.9 Å². The van der Waals surface area contributed by atoms with Gasteiger partial charge in [0, 0.05) is 38.5 Å². The van der Waals surface area contributed by atoms with Crippen LogP contribution in [0.5, 0.6) is 5.75 Å². The summed E-state index contributed by atoms with van der Waals surface area (Å²) in [5.41, 5.74) is 1.27. The molecule has 28 heavy (non-hydrogen) atoms. The van der Waals surface area contributed by atoms with Crippen molar-refractivity contribution in [2.75, 3.05) is 46.5 Å². The van der Waals surface area contributed by atoms with E-state index in [0.29, 0.717) is 45.8 Å². The number of ether oxygens (including phenoxy) is 2. The summed E-state index contributed by atoms with van der Waals surface area (Å²) < 4.78 is 10.5. The van der Waals surface area contributed by atoms with E-state index in [2.05, 4.69) is 12.1 Å². The Labute approximate surface area is 167 Å². The Morgan fingerprint density at radius 2 is 1.68 bits per heavy atom. The average molecular weight is 389 g/mol. The van der Waals surface area contributed by atoms with Crippen molar-refractivity contribution in [3.05, 3.63) is 29.8 Å². The zero-order chi connectivity index (χ0) is 19.8. The van der Waals surface area contributed by atoms with E-state index >= 15 is 0 Å². The third-order valence-corrected chi connectivity index (χ3v) is 5.78. The molecule has 2 aliphatic rings. The molecular formula is C22H32N2O4. The monoisotopic (exact) mass is 388 g/mol. The molecule has 0 N–H and O–H groups in total. The van der Waals surface area contributed by atoms with E-state index in [0.717, 1.165) is 37.9 Å². The van der Waals surface area contributed by atoms with Gasteiger partial charge in [0.25, 0.3) is 0 Å². The minimum Gasteiger partial charge on any atom is -0.497 e. The van der Waals surface area contributed by atoms with Crippen molar-refractivity contribution in [3.63, 3.8) is 0 Å². The topological polar surface area (TPSA) is 59.1 Å². The van der Waals surface area contributed by atoms with Gasteiger partial charge in [-0.1, -0.05) is 12.1 Å². The number of methoxy groups -OCH3 is 1. The average Bonchev–Trinajstić information content (AvgIpc) is 2.77. The van der Waals surface area contributed by atoms with Gasteiger partial charge in [-0.15, -0.1) is 0 Å². The molecule has 0 atom stereocenters. The third-order valence-electron chi connectivity index (χ3n) is 5.78. The highest BCUT2D eigenvalue weighted by atomic mass is 16.5. The highest BCUT2D eigenvalue weighted by molar-refractivity contribution is 5.80. The van der Waals surface area contributed by atoms with Crippen molar-refractivity contribution in [2.45, 2.75) is 38.5 Å². The molecule has 1 aromatic carbocycles. The van der Waals surface area contributed by atoms with E-state index in [9.17, 15) is 9.59 Å². The summed E-state index contributed by atoms with van der Waals surface area (Å²) in [4.78, 5) is 28.9. The number of morpholine rings is 1. The minimum atomic E-state index is 0.0669. The molecule has 0 unspecified atom stereocenters. The quantitative estimate of drug-likeness (QED) is 0.674. The maximum Gasteiger partial charge on any atom is 0.225 e. The number of hydrogen-bond acceptors (Lipinski definition) is 4. The van der Waals surface area contributed by atoms with Crippen molar-refractivity contribution >= 4 is 11.8 Å². The first-order chi connectivity index (χ1) is 13.7. The van der Waals surface area contributed by atoms with Crippen LogP contribution in [-0.4, -0.2) is 68.1 Å². The van der Waals surface area contributed by atoms with Crippen LogP contribution in [0.2, 0.25) is 0 Å². The van der Waals surface area contributed by atoms with Crippen LogP contribution in [0.4, 0.5) is 0 Å². The number of benzene rings is 1. The molecule has 0 radical (unpaired) electrons. The number of unbranched alkanes of at least 4 members (excludes halogenated alkanes) is 1. The van der Waals surface area contributed by atoms with Gasteiger partial charge in [0.05, 0.1) is 20.3 Å². The first-order valence-corrected chi connectivity index (χ1v) is 10.4. The fraction of sp³-hybridized carbons (Fsp3) is 0.636. The molecule has 0 aliphatic carbocycles. The summed E-state index contributed by atoms with van der Waals surface area (Å²) >= 11 is 0. The molecule has 6 heteroatoms. The van der Waals surface area contributed by atoms with Crippen LogP contribution in [-0.2, 0) is 20.7 Å². The molecule has 1 aromatic rings. The fourth-order valence-electron chi connectivity index (χ4n) is 3.97. The Balaban J connectivity index is 1.32. The normalized spacial score (nSPS) is 18.2. The van der Waals surface area contributed by atoms with Crippen LogP contribution in [0.25, 0.3) is 0 Å². The summed E-state index contributed by atoms with van der Waals surface area (Å²) in [6, 6.07) is 8.11. The lowest BCUT2D eigenvalue weighted by Gasteiger charge is -2.35. The van der Waals surface area contributed by atoms with E-state index in [-0.39, 0.29) is 17.7 Å². The summed E-state index contributed by atoms with van der Waals surface area (Å²) in [6.45, 7) is 4.09. The van der Waals surface area contributed by atoms with E-state index < -0.39 is 0 Å². The van der Waals surface area contributed by atoms with Gasteiger partial charge in [-0.25, -0.2) is 0 Å². The Kier molecular flexibility index (Phi) is 7.71. The van der Waals surface area contributed by atoms with Gasteiger partial charge < -0.3 is 19.3 Å². The van der Waals surface area contributed by atoms with E-state index in [4.69, 9.17) is 9.47 Å². The minimum absolute atomic E-state index is 0.0669. The van der Waals surface area contributed by atoms with E-state index in [1.54, 1.807) is 7.11 Å². The molecule has 2 aliphatic heterocycles. The van der Waals surface area contributed by atoms with Gasteiger partial charge in [-0.05, 0) is 49.8 Å². The second kappa shape index (κ2) is 10.5. The second-order valence-electron chi connectivity index (χ2n) is 7.65. The highest BCUT2D eigenvalue weighted by Gasteiger charge is 2.30. The number of nitrogens with zero attached hydrogens (tertiary/aromatic N) is 2. The number of carbonyl (C=O) groups is 2.